The van der Waals surface area contributed by atoms with Crippen LogP contribution in [0.4, 0.5) is 4.79 Å². The van der Waals surface area contributed by atoms with Crippen LogP contribution < -0.4 is 10.6 Å². The van der Waals surface area contributed by atoms with Crippen LogP contribution in [-0.2, 0) is 14.3 Å². The molecule has 0 spiro atoms. The number of hydrogen-bond donors (Lipinski definition) is 3. The Morgan fingerprint density at radius 1 is 0.788 bits per heavy atom. The molecule has 0 aromatic heterocycles. The Labute approximate surface area is 201 Å². The van der Waals surface area contributed by atoms with Crippen LogP contribution in [0.1, 0.15) is 130 Å². The molecule has 0 aromatic carbocycles. The van der Waals surface area contributed by atoms with Gasteiger partial charge in [-0.05, 0) is 33.6 Å². The van der Waals surface area contributed by atoms with Crippen LogP contribution >= 0.6 is 0 Å². The highest BCUT2D eigenvalue weighted by Gasteiger charge is 2.20. The normalized spacial score (nSPS) is 12.2. The van der Waals surface area contributed by atoms with Crippen LogP contribution in [0.2, 0.25) is 0 Å². The summed E-state index contributed by atoms with van der Waals surface area (Å²) in [5.74, 6) is -1.10. The zero-order valence-electron chi connectivity index (χ0n) is 21.7. The second kappa shape index (κ2) is 19.7. The number of alkyl carbamates (subject to hydrolysis) is 1. The fourth-order valence-corrected chi connectivity index (χ4v) is 3.66. The first-order valence-corrected chi connectivity index (χ1v) is 13.1. The van der Waals surface area contributed by atoms with Gasteiger partial charge in [0.2, 0.25) is 5.91 Å². The van der Waals surface area contributed by atoms with E-state index >= 15 is 0 Å². The maximum Gasteiger partial charge on any atom is 0.407 e. The molecule has 0 aliphatic heterocycles. The van der Waals surface area contributed by atoms with Crippen LogP contribution in [0, 0.1) is 0 Å². The molecule has 7 nitrogen and oxygen atoms in total. The van der Waals surface area contributed by atoms with Crippen LogP contribution in [0.3, 0.4) is 0 Å². The lowest BCUT2D eigenvalue weighted by atomic mass is 10.0. The molecule has 0 saturated carbocycles. The molecule has 1 unspecified atom stereocenters. The van der Waals surface area contributed by atoms with Gasteiger partial charge >= 0.3 is 12.1 Å². The van der Waals surface area contributed by atoms with Gasteiger partial charge in [0, 0.05) is 25.4 Å². The summed E-state index contributed by atoms with van der Waals surface area (Å²) in [7, 11) is 0. The average Bonchev–Trinajstić information content (AvgIpc) is 2.71. The number of rotatable bonds is 20. The van der Waals surface area contributed by atoms with Gasteiger partial charge in [0.1, 0.15) is 5.60 Å². The maximum absolute atomic E-state index is 12.2. The number of unbranched alkanes of at least 4 members (excludes halogenated alkanes) is 11. The molecule has 0 fully saturated rings. The van der Waals surface area contributed by atoms with Crippen molar-refractivity contribution in [2.75, 3.05) is 6.54 Å². The van der Waals surface area contributed by atoms with Crippen LogP contribution in [-0.4, -0.2) is 41.3 Å². The third-order valence-electron chi connectivity index (χ3n) is 5.47. The first-order valence-electron chi connectivity index (χ1n) is 13.1. The lowest BCUT2D eigenvalue weighted by Crippen LogP contribution is -2.45. The zero-order valence-corrected chi connectivity index (χ0v) is 21.7. The van der Waals surface area contributed by atoms with Gasteiger partial charge < -0.3 is 20.5 Å². The summed E-state index contributed by atoms with van der Waals surface area (Å²) < 4.78 is 5.35. The van der Waals surface area contributed by atoms with E-state index in [0.717, 1.165) is 19.3 Å². The highest BCUT2D eigenvalue weighted by atomic mass is 16.6. The van der Waals surface area contributed by atoms with Crippen molar-refractivity contribution < 1.29 is 24.2 Å². The molecule has 0 aliphatic carbocycles. The highest BCUT2D eigenvalue weighted by Crippen LogP contribution is 2.13. The smallest absolute Gasteiger partial charge is 0.407 e. The molecule has 194 valence electrons. The number of ether oxygens (including phenoxy) is 1. The second-order valence-electron chi connectivity index (χ2n) is 10.1. The summed E-state index contributed by atoms with van der Waals surface area (Å²) in [6, 6.07) is -0.202. The van der Waals surface area contributed by atoms with Crippen LogP contribution in [0.5, 0.6) is 0 Å². The molecular weight excluding hydrogens is 420 g/mol. The predicted octanol–water partition coefficient (Wildman–Crippen LogP) is 6.34. The van der Waals surface area contributed by atoms with E-state index in [9.17, 15) is 14.4 Å². The van der Waals surface area contributed by atoms with E-state index in [4.69, 9.17) is 9.84 Å². The first-order chi connectivity index (χ1) is 15.6. The molecule has 0 saturated heterocycles. The SMILES string of the molecule is CCCCCCCCCCCCCCC(CNC(=O)CCCC(=O)O)NC(=O)OC(C)(C)C. The van der Waals surface area contributed by atoms with Crippen molar-refractivity contribution in [3.63, 3.8) is 0 Å². The molecule has 2 amide bonds. The Bertz CT molecular complexity index is 531. The standard InChI is InChI=1S/C26H50N2O5/c1-5-6-7-8-9-10-11-12-13-14-15-16-18-22(28-25(32)33-26(2,3)4)21-27-23(29)19-17-20-24(30)31/h22H,5-21H2,1-4H3,(H,27,29)(H,28,32)(H,30,31). The van der Waals surface area contributed by atoms with E-state index in [0.29, 0.717) is 13.0 Å². The van der Waals surface area contributed by atoms with Crippen LogP contribution in [0.15, 0.2) is 0 Å². The molecular formula is C26H50N2O5. The molecule has 0 bridgehead atoms. The third kappa shape index (κ3) is 23.2. The van der Waals surface area contributed by atoms with E-state index in [2.05, 4.69) is 17.6 Å². The van der Waals surface area contributed by atoms with Gasteiger partial charge in [0.15, 0.2) is 0 Å². The Kier molecular flexibility index (Phi) is 18.6. The van der Waals surface area contributed by atoms with Gasteiger partial charge in [-0.25, -0.2) is 4.79 Å². The lowest BCUT2D eigenvalue weighted by molar-refractivity contribution is -0.137. The molecule has 0 aliphatic rings. The number of carbonyl (C=O) groups is 3. The minimum atomic E-state index is -0.903. The molecule has 1 atom stereocenters. The largest absolute Gasteiger partial charge is 0.481 e. The molecule has 0 aromatic rings. The summed E-state index contributed by atoms with van der Waals surface area (Å²) in [4.78, 5) is 34.7. The minimum absolute atomic E-state index is 0.0220. The number of hydrogen-bond acceptors (Lipinski definition) is 4. The molecule has 7 heteroatoms. The number of carboxylic acid groups (broad SMARTS) is 1. The van der Waals surface area contributed by atoms with Gasteiger partial charge in [0.05, 0.1) is 0 Å². The monoisotopic (exact) mass is 470 g/mol. The van der Waals surface area contributed by atoms with Crippen molar-refractivity contribution in [2.24, 2.45) is 0 Å². The molecule has 0 rings (SSSR count). The van der Waals surface area contributed by atoms with E-state index < -0.39 is 17.7 Å². The van der Waals surface area contributed by atoms with E-state index in [1.165, 1.54) is 64.2 Å². The van der Waals surface area contributed by atoms with Crippen molar-refractivity contribution in [2.45, 2.75) is 142 Å². The zero-order chi connectivity index (χ0) is 25.0. The van der Waals surface area contributed by atoms with E-state index in [1.54, 1.807) is 0 Å². The Morgan fingerprint density at radius 2 is 1.30 bits per heavy atom. The summed E-state index contributed by atoms with van der Waals surface area (Å²) in [6.45, 7) is 8.02. The number of amides is 2. The second-order valence-corrected chi connectivity index (χ2v) is 10.1. The third-order valence-corrected chi connectivity index (χ3v) is 5.47. The maximum atomic E-state index is 12.2. The first kappa shape index (κ1) is 31.2. The molecule has 3 N–H and O–H groups in total. The Balaban J connectivity index is 4.13. The van der Waals surface area contributed by atoms with Crippen molar-refractivity contribution in [3.05, 3.63) is 0 Å². The summed E-state index contributed by atoms with van der Waals surface area (Å²) in [5.41, 5.74) is -0.579. The topological polar surface area (TPSA) is 105 Å². The minimum Gasteiger partial charge on any atom is -0.481 e. The lowest BCUT2D eigenvalue weighted by Gasteiger charge is -2.24. The summed E-state index contributed by atoms with van der Waals surface area (Å²) in [6.07, 6.45) is 16.0. The van der Waals surface area contributed by atoms with Gasteiger partial charge in [-0.3, -0.25) is 9.59 Å². The number of carbonyl (C=O) groups excluding carboxylic acids is 2. The highest BCUT2D eigenvalue weighted by molar-refractivity contribution is 5.77. The van der Waals surface area contributed by atoms with Crippen molar-refractivity contribution in [1.82, 2.24) is 10.6 Å². The fourth-order valence-electron chi connectivity index (χ4n) is 3.66. The predicted molar refractivity (Wildman–Crippen MR) is 133 cm³/mol. The van der Waals surface area contributed by atoms with Crippen molar-refractivity contribution in [3.8, 4) is 0 Å². The van der Waals surface area contributed by atoms with Crippen molar-refractivity contribution in [1.29, 1.82) is 0 Å². The molecule has 0 heterocycles. The number of aliphatic carboxylic acids is 1. The van der Waals surface area contributed by atoms with Crippen LogP contribution in [0.25, 0.3) is 0 Å². The van der Waals surface area contributed by atoms with Gasteiger partial charge in [-0.2, -0.15) is 0 Å². The van der Waals surface area contributed by atoms with Gasteiger partial charge in [-0.15, -0.1) is 0 Å². The Hall–Kier alpha value is -1.79. The van der Waals surface area contributed by atoms with E-state index in [-0.39, 0.29) is 24.8 Å². The van der Waals surface area contributed by atoms with Gasteiger partial charge in [-0.1, -0.05) is 84.0 Å². The van der Waals surface area contributed by atoms with Crippen molar-refractivity contribution >= 4 is 18.0 Å². The number of nitrogens with one attached hydrogen (secondary N) is 2. The quantitative estimate of drug-likeness (QED) is 0.180. The molecule has 0 radical (unpaired) electrons. The van der Waals surface area contributed by atoms with Gasteiger partial charge in [0.25, 0.3) is 0 Å². The molecule has 33 heavy (non-hydrogen) atoms. The fraction of sp³-hybridized carbons (Fsp3) is 0.885. The average molecular weight is 471 g/mol. The Morgan fingerprint density at radius 3 is 1.79 bits per heavy atom. The summed E-state index contributed by atoms with van der Waals surface area (Å²) in [5, 5.41) is 14.4. The summed E-state index contributed by atoms with van der Waals surface area (Å²) >= 11 is 0. The van der Waals surface area contributed by atoms with E-state index in [1.807, 2.05) is 20.8 Å². The number of carboxylic acids is 1.